The summed E-state index contributed by atoms with van der Waals surface area (Å²) in [5.74, 6) is -6.66. The van der Waals surface area contributed by atoms with Crippen LogP contribution in [0.25, 0.3) is 34.9 Å². The smallest absolute Gasteiger partial charge is 0.416 e. The molecule has 2 aliphatic rings. The number of benzene rings is 2. The van der Waals surface area contributed by atoms with Gasteiger partial charge in [-0.3, -0.25) is 15.0 Å². The molecule has 284 valence electrons. The van der Waals surface area contributed by atoms with Gasteiger partial charge >= 0.3 is 18.3 Å². The van der Waals surface area contributed by atoms with E-state index in [1.807, 2.05) is 0 Å². The van der Waals surface area contributed by atoms with Crippen molar-refractivity contribution >= 4 is 24.0 Å². The van der Waals surface area contributed by atoms with Crippen molar-refractivity contribution in [3.05, 3.63) is 82.5 Å². The fraction of sp³-hybridized carbons (Fsp3) is 0.312. The second-order valence-corrected chi connectivity index (χ2v) is 11.8. The molecule has 4 heterocycles. The number of aliphatic carboxylic acids is 1. The lowest BCUT2D eigenvalue weighted by molar-refractivity contribution is -0.160. The molecule has 2 aromatic heterocycles. The van der Waals surface area contributed by atoms with Crippen molar-refractivity contribution < 1.29 is 58.6 Å². The molecule has 21 heteroatoms. The van der Waals surface area contributed by atoms with E-state index >= 15 is 0 Å². The highest BCUT2D eigenvalue weighted by atomic mass is 19.4. The van der Waals surface area contributed by atoms with Gasteiger partial charge in [0, 0.05) is 23.3 Å². The Kier molecular flexibility index (Phi) is 11.8. The molecule has 2 aliphatic heterocycles. The first-order chi connectivity index (χ1) is 24.5. The van der Waals surface area contributed by atoms with Crippen LogP contribution in [0.15, 0.2) is 48.6 Å². The Balaban J connectivity index is 0.000000207. The Hall–Kier alpha value is -5.60. The second kappa shape index (κ2) is 15.6. The van der Waals surface area contributed by atoms with Crippen molar-refractivity contribution in [2.24, 2.45) is 0 Å². The van der Waals surface area contributed by atoms with E-state index in [-0.39, 0.29) is 47.5 Å². The fourth-order valence-corrected chi connectivity index (χ4v) is 4.50. The van der Waals surface area contributed by atoms with Crippen LogP contribution in [0, 0.1) is 13.8 Å². The third-order valence-corrected chi connectivity index (χ3v) is 7.02. The van der Waals surface area contributed by atoms with Gasteiger partial charge in [-0.15, -0.1) is 0 Å². The second-order valence-electron chi connectivity index (χ2n) is 11.8. The summed E-state index contributed by atoms with van der Waals surface area (Å²) >= 11 is 0. The number of carbonyl (C=O) groups is 2. The van der Waals surface area contributed by atoms with Crippen molar-refractivity contribution in [3.8, 4) is 22.8 Å². The number of H-pyrrole nitrogens is 2. The summed E-state index contributed by atoms with van der Waals surface area (Å²) in [5.41, 5.74) is -0.415. The molecule has 0 spiro atoms. The number of aryl methyl sites for hydroxylation is 2. The lowest BCUT2D eigenvalue weighted by Crippen LogP contribution is -2.57. The Labute approximate surface area is 292 Å². The first-order valence-electron chi connectivity index (χ1n) is 15.1. The number of aromatic amines is 2. The lowest BCUT2D eigenvalue weighted by atomic mass is 10.1. The molecule has 0 aliphatic carbocycles. The largest absolute Gasteiger partial charge is 0.478 e. The summed E-state index contributed by atoms with van der Waals surface area (Å²) < 4.78 is 125. The van der Waals surface area contributed by atoms with Gasteiger partial charge in [-0.1, -0.05) is 0 Å². The van der Waals surface area contributed by atoms with Crippen LogP contribution in [0.2, 0.25) is 0 Å². The topological polar surface area (TPSA) is 153 Å². The molecule has 53 heavy (non-hydrogen) atoms. The number of hydrogen-bond donors (Lipinski definition) is 4. The highest BCUT2D eigenvalue weighted by molar-refractivity contribution is 5.92. The van der Waals surface area contributed by atoms with Crippen LogP contribution in [-0.4, -0.2) is 90.3 Å². The molecule has 2 saturated heterocycles. The number of aromatic nitrogens is 6. The van der Waals surface area contributed by atoms with E-state index in [0.29, 0.717) is 11.1 Å². The van der Waals surface area contributed by atoms with Crippen LogP contribution in [-0.2, 0) is 21.9 Å². The van der Waals surface area contributed by atoms with Gasteiger partial charge in [0.1, 0.15) is 11.6 Å². The normalized spacial score (nSPS) is 16.3. The van der Waals surface area contributed by atoms with Crippen molar-refractivity contribution in [1.29, 1.82) is 0 Å². The summed E-state index contributed by atoms with van der Waals surface area (Å²) in [6.07, 6.45) is -4.65. The highest BCUT2D eigenvalue weighted by Crippen LogP contribution is 2.34. The van der Waals surface area contributed by atoms with Crippen LogP contribution in [0.5, 0.6) is 0 Å². The van der Waals surface area contributed by atoms with Gasteiger partial charge in [0.2, 0.25) is 5.91 Å². The van der Waals surface area contributed by atoms with Gasteiger partial charge in [0.05, 0.1) is 37.3 Å². The number of rotatable bonds is 6. The molecule has 1 amide bonds. The van der Waals surface area contributed by atoms with Gasteiger partial charge in [-0.25, -0.2) is 32.3 Å². The predicted octanol–water partition coefficient (Wildman–Crippen LogP) is 6.41. The third kappa shape index (κ3) is 11.7. The van der Waals surface area contributed by atoms with Gasteiger partial charge in [0.25, 0.3) is 11.8 Å². The summed E-state index contributed by atoms with van der Waals surface area (Å²) in [6, 6.07) is 6.93. The summed E-state index contributed by atoms with van der Waals surface area (Å²) in [7, 11) is 0. The number of hydrogen-bond acceptors (Lipinski definition) is 7. The summed E-state index contributed by atoms with van der Waals surface area (Å²) in [6.45, 7) is 1.52. The first-order valence-corrected chi connectivity index (χ1v) is 15.1. The van der Waals surface area contributed by atoms with Crippen molar-refractivity contribution in [2.45, 2.75) is 38.0 Å². The van der Waals surface area contributed by atoms with Gasteiger partial charge < -0.3 is 15.3 Å². The molecular weight excluding hydrogens is 734 g/mol. The van der Waals surface area contributed by atoms with Crippen LogP contribution < -0.4 is 5.32 Å². The molecule has 4 aromatic rings. The quantitative estimate of drug-likeness (QED) is 0.130. The van der Waals surface area contributed by atoms with Crippen molar-refractivity contribution in [3.63, 3.8) is 0 Å². The Bertz CT molecular complexity index is 1990. The predicted molar refractivity (Wildman–Crippen MR) is 168 cm³/mol. The minimum atomic E-state index is -4.49. The van der Waals surface area contributed by atoms with Gasteiger partial charge in [0.15, 0.2) is 11.6 Å². The number of carbonyl (C=O) groups excluding carboxylic acids is 1. The number of nitrogens with one attached hydrogen (secondary N) is 3. The van der Waals surface area contributed by atoms with Crippen LogP contribution in [0.1, 0.15) is 33.9 Å². The zero-order valence-electron chi connectivity index (χ0n) is 27.4. The zero-order valence-corrected chi connectivity index (χ0v) is 27.4. The van der Waals surface area contributed by atoms with Crippen LogP contribution in [0.3, 0.4) is 0 Å². The third-order valence-electron chi connectivity index (χ3n) is 7.02. The molecular formula is C32H28F10N8O3. The standard InChI is InChI=1S/C16H13F5N4O.C13H10F3N3O2.C3H5F2N/c1-9-4-10(6-11(5-9)16(19,20)21)14-22-12(23-24-14)2-3-13(26)25-7-15(17,18)8-25;1-7-4-8(6-9(5-7)13(14,15)16)12-17-10(18-19-12)2-3-11(20)21;4-3(5)1-6-2-3/h2-6H,7-8H2,1H3,(H,22,23,24);2-6H,1H3,(H,20,21)(H,17,18,19);6H,1-2H2/b2*3-2-;. The molecule has 2 fully saturated rings. The Morgan fingerprint density at radius 1 is 0.717 bits per heavy atom. The monoisotopic (exact) mass is 762 g/mol. The van der Waals surface area contributed by atoms with E-state index in [9.17, 15) is 53.5 Å². The number of amides is 1. The minimum absolute atomic E-state index is 0.0294. The maximum absolute atomic E-state index is 12.9. The van der Waals surface area contributed by atoms with E-state index in [1.165, 1.54) is 38.1 Å². The average molecular weight is 763 g/mol. The van der Waals surface area contributed by atoms with Gasteiger partial charge in [-0.05, 0) is 73.5 Å². The first kappa shape index (κ1) is 40.2. The molecule has 4 N–H and O–H groups in total. The van der Waals surface area contributed by atoms with Crippen LogP contribution in [0.4, 0.5) is 43.9 Å². The fourth-order valence-electron chi connectivity index (χ4n) is 4.50. The average Bonchev–Trinajstić information content (AvgIpc) is 3.70. The highest BCUT2D eigenvalue weighted by Gasteiger charge is 2.45. The molecule has 0 radical (unpaired) electrons. The molecule has 0 atom stereocenters. The number of likely N-dealkylation sites (tertiary alicyclic amines) is 1. The Morgan fingerprint density at radius 2 is 1.13 bits per heavy atom. The molecule has 0 saturated carbocycles. The van der Waals surface area contributed by atoms with E-state index in [2.05, 4.69) is 35.7 Å². The SMILES string of the molecule is Cc1cc(-c2n[nH]c(/C=C\C(=O)N3CC(F)(F)C3)n2)cc(C(F)(F)F)c1.Cc1cc(-c2n[nH]c(/C=C\C(=O)O)n2)cc(C(F)(F)F)c1.FC1(F)CNC1. The number of nitrogens with zero attached hydrogens (tertiary/aromatic N) is 5. The zero-order chi connectivity index (χ0) is 39.4. The molecule has 11 nitrogen and oxygen atoms in total. The number of alkyl halides is 10. The summed E-state index contributed by atoms with van der Waals surface area (Å²) in [4.78, 5) is 31.0. The van der Waals surface area contributed by atoms with E-state index < -0.39 is 60.3 Å². The number of carboxylic acid groups (broad SMARTS) is 1. The minimum Gasteiger partial charge on any atom is -0.478 e. The molecule has 2 aromatic carbocycles. The van der Waals surface area contributed by atoms with Gasteiger partial charge in [-0.2, -0.15) is 36.5 Å². The number of carboxylic acids is 1. The maximum Gasteiger partial charge on any atom is 0.416 e. The van der Waals surface area contributed by atoms with E-state index in [4.69, 9.17) is 5.11 Å². The molecule has 0 bridgehead atoms. The lowest BCUT2D eigenvalue weighted by Gasteiger charge is -2.37. The van der Waals surface area contributed by atoms with Crippen molar-refractivity contribution in [2.75, 3.05) is 26.2 Å². The van der Waals surface area contributed by atoms with Crippen molar-refractivity contribution in [1.82, 2.24) is 40.6 Å². The van der Waals surface area contributed by atoms with E-state index in [1.54, 1.807) is 0 Å². The van der Waals surface area contributed by atoms with E-state index in [0.717, 1.165) is 41.3 Å². The Morgan fingerprint density at radius 3 is 1.47 bits per heavy atom. The number of halogens is 10. The molecule has 6 rings (SSSR count). The summed E-state index contributed by atoms with van der Waals surface area (Å²) in [5, 5.41) is 23.5. The maximum atomic E-state index is 12.9. The van der Waals surface area contributed by atoms with Crippen LogP contribution >= 0.6 is 0 Å². The molecule has 0 unspecified atom stereocenters.